The summed E-state index contributed by atoms with van der Waals surface area (Å²) >= 11 is 0. The lowest BCUT2D eigenvalue weighted by Gasteiger charge is -2.29. The van der Waals surface area contributed by atoms with Gasteiger partial charge < -0.3 is 16.2 Å². The SMILES string of the molecule is NC(Cc1cc(F)ccc1F)CC(CO)N1CC2=C(CNC2)C1. The maximum Gasteiger partial charge on any atom is 0.126 e. The van der Waals surface area contributed by atoms with Crippen molar-refractivity contribution in [3.63, 3.8) is 0 Å². The fourth-order valence-corrected chi connectivity index (χ4v) is 3.51. The van der Waals surface area contributed by atoms with Gasteiger partial charge in [0.25, 0.3) is 0 Å². The van der Waals surface area contributed by atoms with Gasteiger partial charge in [0.1, 0.15) is 11.6 Å². The van der Waals surface area contributed by atoms with Gasteiger partial charge in [0, 0.05) is 38.3 Å². The van der Waals surface area contributed by atoms with Crippen molar-refractivity contribution in [3.05, 3.63) is 46.5 Å². The van der Waals surface area contributed by atoms with E-state index in [0.717, 1.165) is 38.3 Å². The number of rotatable bonds is 6. The van der Waals surface area contributed by atoms with E-state index in [1.165, 1.54) is 17.2 Å². The second kappa shape index (κ2) is 7.05. The van der Waals surface area contributed by atoms with Crippen LogP contribution in [-0.4, -0.2) is 54.9 Å². The molecular formula is C17H23F2N3O. The largest absolute Gasteiger partial charge is 0.395 e. The molecule has 4 N–H and O–H groups in total. The van der Waals surface area contributed by atoms with Gasteiger partial charge in [0.15, 0.2) is 0 Å². The Morgan fingerprint density at radius 1 is 1.22 bits per heavy atom. The van der Waals surface area contributed by atoms with Crippen LogP contribution in [0.15, 0.2) is 29.3 Å². The average Bonchev–Trinajstić information content (AvgIpc) is 3.10. The molecule has 126 valence electrons. The summed E-state index contributed by atoms with van der Waals surface area (Å²) in [6.07, 6.45) is 0.822. The van der Waals surface area contributed by atoms with E-state index in [9.17, 15) is 13.9 Å². The topological polar surface area (TPSA) is 61.5 Å². The highest BCUT2D eigenvalue weighted by Gasteiger charge is 2.30. The molecule has 0 saturated carbocycles. The summed E-state index contributed by atoms with van der Waals surface area (Å²) in [5, 5.41) is 13.0. The van der Waals surface area contributed by atoms with Crippen LogP contribution in [0, 0.1) is 11.6 Å². The molecule has 2 atom stereocenters. The first-order valence-corrected chi connectivity index (χ1v) is 8.01. The van der Waals surface area contributed by atoms with Crippen LogP contribution < -0.4 is 11.1 Å². The standard InChI is InChI=1S/C17H23F2N3O/c18-14-1-2-17(19)11(3-14)4-15(20)5-16(10-23)22-8-12-6-21-7-13(12)9-22/h1-3,15-16,21,23H,4-10,20H2. The lowest BCUT2D eigenvalue weighted by atomic mass is 9.99. The summed E-state index contributed by atoms with van der Waals surface area (Å²) in [5.74, 6) is -0.893. The molecule has 0 spiro atoms. The lowest BCUT2D eigenvalue weighted by molar-refractivity contribution is 0.133. The molecule has 0 amide bonds. The Hall–Kier alpha value is -1.34. The minimum atomic E-state index is -0.458. The van der Waals surface area contributed by atoms with Crippen LogP contribution in [0.2, 0.25) is 0 Å². The van der Waals surface area contributed by atoms with Gasteiger partial charge in [0.2, 0.25) is 0 Å². The third kappa shape index (κ3) is 3.77. The minimum Gasteiger partial charge on any atom is -0.395 e. The lowest BCUT2D eigenvalue weighted by Crippen LogP contribution is -2.43. The molecule has 0 bridgehead atoms. The quantitative estimate of drug-likeness (QED) is 0.678. The molecule has 0 fully saturated rings. The first kappa shape index (κ1) is 16.5. The number of nitrogens with one attached hydrogen (secondary N) is 1. The number of benzene rings is 1. The molecule has 1 aromatic carbocycles. The number of halogens is 2. The average molecular weight is 323 g/mol. The Kier molecular flexibility index (Phi) is 5.06. The van der Waals surface area contributed by atoms with E-state index >= 15 is 0 Å². The summed E-state index contributed by atoms with van der Waals surface area (Å²) in [6, 6.07) is 3.06. The van der Waals surface area contributed by atoms with Gasteiger partial charge >= 0.3 is 0 Å². The molecule has 3 rings (SSSR count). The summed E-state index contributed by atoms with van der Waals surface area (Å²) in [6.45, 7) is 3.58. The van der Waals surface area contributed by atoms with E-state index in [0.29, 0.717) is 12.0 Å². The third-order valence-corrected chi connectivity index (χ3v) is 4.76. The fraction of sp³-hybridized carbons (Fsp3) is 0.529. The number of hydrogen-bond donors (Lipinski definition) is 3. The highest BCUT2D eigenvalue weighted by molar-refractivity contribution is 5.30. The zero-order valence-corrected chi connectivity index (χ0v) is 13.1. The Morgan fingerprint density at radius 3 is 2.57 bits per heavy atom. The van der Waals surface area contributed by atoms with Crippen molar-refractivity contribution in [1.82, 2.24) is 10.2 Å². The summed E-state index contributed by atoms with van der Waals surface area (Å²) in [4.78, 5) is 2.23. The Bertz CT molecular complexity index is 590. The molecule has 1 aromatic rings. The molecule has 2 aliphatic rings. The smallest absolute Gasteiger partial charge is 0.126 e. The predicted octanol–water partition coefficient (Wildman–Crippen LogP) is 0.801. The summed E-state index contributed by atoms with van der Waals surface area (Å²) in [7, 11) is 0. The van der Waals surface area contributed by atoms with Crippen molar-refractivity contribution in [2.75, 3.05) is 32.8 Å². The molecule has 2 heterocycles. The molecule has 6 heteroatoms. The van der Waals surface area contributed by atoms with Crippen LogP contribution in [0.5, 0.6) is 0 Å². The molecule has 0 aromatic heterocycles. The maximum absolute atomic E-state index is 13.7. The fourth-order valence-electron chi connectivity index (χ4n) is 3.51. The van der Waals surface area contributed by atoms with Crippen molar-refractivity contribution in [3.8, 4) is 0 Å². The van der Waals surface area contributed by atoms with Crippen LogP contribution in [-0.2, 0) is 6.42 Å². The highest BCUT2D eigenvalue weighted by Crippen LogP contribution is 2.24. The second-order valence-corrected chi connectivity index (χ2v) is 6.49. The molecule has 0 saturated heterocycles. The van der Waals surface area contributed by atoms with Crippen LogP contribution in [0.3, 0.4) is 0 Å². The Balaban J connectivity index is 1.57. The van der Waals surface area contributed by atoms with E-state index in [1.807, 2.05) is 0 Å². The molecular weight excluding hydrogens is 300 g/mol. The van der Waals surface area contributed by atoms with Crippen LogP contribution in [0.25, 0.3) is 0 Å². The van der Waals surface area contributed by atoms with Gasteiger partial charge in [-0.25, -0.2) is 8.78 Å². The van der Waals surface area contributed by atoms with E-state index < -0.39 is 11.6 Å². The van der Waals surface area contributed by atoms with Gasteiger partial charge in [-0.2, -0.15) is 0 Å². The number of aliphatic hydroxyl groups is 1. The van der Waals surface area contributed by atoms with E-state index in [2.05, 4.69) is 10.2 Å². The van der Waals surface area contributed by atoms with Crippen LogP contribution in [0.4, 0.5) is 8.78 Å². The van der Waals surface area contributed by atoms with E-state index in [-0.39, 0.29) is 25.1 Å². The van der Waals surface area contributed by atoms with Crippen molar-refractivity contribution >= 4 is 0 Å². The molecule has 23 heavy (non-hydrogen) atoms. The predicted molar refractivity (Wildman–Crippen MR) is 85.0 cm³/mol. The Labute approximate surface area is 135 Å². The molecule has 0 radical (unpaired) electrons. The van der Waals surface area contributed by atoms with Gasteiger partial charge in [-0.3, -0.25) is 4.90 Å². The van der Waals surface area contributed by atoms with Crippen molar-refractivity contribution in [2.24, 2.45) is 5.73 Å². The number of hydrogen-bond acceptors (Lipinski definition) is 4. The molecule has 4 nitrogen and oxygen atoms in total. The zero-order valence-electron chi connectivity index (χ0n) is 13.1. The minimum absolute atomic E-state index is 0.0212. The van der Waals surface area contributed by atoms with Crippen LogP contribution in [0.1, 0.15) is 12.0 Å². The normalized spacial score (nSPS) is 20.9. The number of aliphatic hydroxyl groups excluding tert-OH is 1. The van der Waals surface area contributed by atoms with Crippen LogP contribution >= 0.6 is 0 Å². The van der Waals surface area contributed by atoms with E-state index in [4.69, 9.17) is 5.73 Å². The monoisotopic (exact) mass is 323 g/mol. The van der Waals surface area contributed by atoms with Gasteiger partial charge in [-0.05, 0) is 47.8 Å². The summed E-state index contributed by atoms with van der Waals surface area (Å²) < 4.78 is 26.9. The van der Waals surface area contributed by atoms with Gasteiger partial charge in [-0.15, -0.1) is 0 Å². The maximum atomic E-state index is 13.7. The number of nitrogens with zero attached hydrogens (tertiary/aromatic N) is 1. The summed E-state index contributed by atoms with van der Waals surface area (Å²) in [5.41, 5.74) is 9.24. The third-order valence-electron chi connectivity index (χ3n) is 4.76. The second-order valence-electron chi connectivity index (χ2n) is 6.49. The molecule has 2 aliphatic heterocycles. The number of nitrogens with two attached hydrogens (primary N) is 1. The first-order chi connectivity index (χ1) is 11.1. The zero-order chi connectivity index (χ0) is 16.4. The van der Waals surface area contributed by atoms with Crippen molar-refractivity contribution in [1.29, 1.82) is 0 Å². The Morgan fingerprint density at radius 2 is 1.91 bits per heavy atom. The van der Waals surface area contributed by atoms with E-state index in [1.54, 1.807) is 0 Å². The van der Waals surface area contributed by atoms with Gasteiger partial charge in [-0.1, -0.05) is 0 Å². The first-order valence-electron chi connectivity index (χ1n) is 8.01. The van der Waals surface area contributed by atoms with Crippen molar-refractivity contribution in [2.45, 2.75) is 24.9 Å². The highest BCUT2D eigenvalue weighted by atomic mass is 19.1. The molecule has 0 aliphatic carbocycles. The van der Waals surface area contributed by atoms with Crippen molar-refractivity contribution < 1.29 is 13.9 Å². The van der Waals surface area contributed by atoms with Gasteiger partial charge in [0.05, 0.1) is 6.61 Å². The molecule has 2 unspecified atom stereocenters.